The van der Waals surface area contributed by atoms with Crippen LogP contribution in [0.5, 0.6) is 0 Å². The smallest absolute Gasteiger partial charge is 0.337 e. The molecule has 8 heteroatoms. The fourth-order valence-electron chi connectivity index (χ4n) is 3.36. The fraction of sp³-hybridized carbons (Fsp3) is 0.846. The number of halogens is 3. The van der Waals surface area contributed by atoms with Crippen LogP contribution in [-0.4, -0.2) is 40.3 Å². The van der Waals surface area contributed by atoms with Crippen LogP contribution in [-0.2, 0) is 5.54 Å². The highest BCUT2D eigenvalue weighted by Gasteiger charge is 2.54. The van der Waals surface area contributed by atoms with Gasteiger partial charge in [-0.05, 0) is 39.7 Å². The predicted octanol–water partition coefficient (Wildman–Crippen LogP) is 2.15. The molecule has 3 rings (SSSR count). The van der Waals surface area contributed by atoms with Gasteiger partial charge in [-0.1, -0.05) is 5.16 Å². The molecule has 21 heavy (non-hydrogen) atoms. The molecule has 2 N–H and O–H groups in total. The van der Waals surface area contributed by atoms with E-state index in [4.69, 9.17) is 10.3 Å². The summed E-state index contributed by atoms with van der Waals surface area (Å²) in [7, 11) is 2.10. The van der Waals surface area contributed by atoms with Crippen molar-refractivity contribution in [3.8, 4) is 0 Å². The van der Waals surface area contributed by atoms with Crippen LogP contribution in [0.25, 0.3) is 0 Å². The molecule has 2 aliphatic heterocycles. The summed E-state index contributed by atoms with van der Waals surface area (Å²) in [6, 6.07) is 0.921. The highest BCUT2D eigenvalue weighted by molar-refractivity contribution is 5.09. The summed E-state index contributed by atoms with van der Waals surface area (Å²) >= 11 is 0. The lowest BCUT2D eigenvalue weighted by atomic mass is 9.90. The molecule has 118 valence electrons. The molecular weight excluding hydrogens is 285 g/mol. The van der Waals surface area contributed by atoms with E-state index in [2.05, 4.69) is 22.1 Å². The maximum absolute atomic E-state index is 12.9. The second kappa shape index (κ2) is 4.67. The van der Waals surface area contributed by atoms with E-state index in [1.54, 1.807) is 0 Å². The van der Waals surface area contributed by atoms with Crippen LogP contribution in [0.1, 0.15) is 50.2 Å². The number of hydrogen-bond acceptors (Lipinski definition) is 5. The van der Waals surface area contributed by atoms with E-state index >= 15 is 0 Å². The maximum atomic E-state index is 12.9. The Labute approximate surface area is 120 Å². The van der Waals surface area contributed by atoms with Crippen molar-refractivity contribution in [2.24, 2.45) is 5.73 Å². The van der Waals surface area contributed by atoms with Crippen molar-refractivity contribution in [1.29, 1.82) is 0 Å². The van der Waals surface area contributed by atoms with Crippen LogP contribution >= 0.6 is 0 Å². The fourth-order valence-corrected chi connectivity index (χ4v) is 3.36. The van der Waals surface area contributed by atoms with Crippen LogP contribution in [0.4, 0.5) is 13.2 Å². The van der Waals surface area contributed by atoms with Gasteiger partial charge in [-0.3, -0.25) is 0 Å². The van der Waals surface area contributed by atoms with Crippen molar-refractivity contribution in [2.75, 3.05) is 7.05 Å². The first-order valence-corrected chi connectivity index (χ1v) is 7.11. The van der Waals surface area contributed by atoms with E-state index in [1.807, 2.05) is 0 Å². The Morgan fingerprint density at radius 1 is 1.24 bits per heavy atom. The summed E-state index contributed by atoms with van der Waals surface area (Å²) in [5, 5.41) is 3.76. The summed E-state index contributed by atoms with van der Waals surface area (Å²) in [5.41, 5.74) is 2.71. The molecule has 0 amide bonds. The first kappa shape index (κ1) is 14.8. The van der Waals surface area contributed by atoms with Crippen LogP contribution in [0.3, 0.4) is 0 Å². The summed E-state index contributed by atoms with van der Waals surface area (Å²) in [6.07, 6.45) is -0.653. The summed E-state index contributed by atoms with van der Waals surface area (Å²) < 4.78 is 43.5. The first-order valence-electron chi connectivity index (χ1n) is 7.11. The normalized spacial score (nSPS) is 33.1. The Kier molecular flexibility index (Phi) is 3.29. The minimum absolute atomic E-state index is 0.0558. The topological polar surface area (TPSA) is 68.2 Å². The van der Waals surface area contributed by atoms with Crippen molar-refractivity contribution in [3.05, 3.63) is 11.7 Å². The second-order valence-electron chi connectivity index (χ2n) is 6.38. The molecule has 0 spiro atoms. The zero-order valence-electron chi connectivity index (χ0n) is 12.0. The van der Waals surface area contributed by atoms with E-state index in [-0.39, 0.29) is 5.92 Å². The molecule has 3 heterocycles. The highest BCUT2D eigenvalue weighted by atomic mass is 19.4. The number of rotatable bonds is 2. The van der Waals surface area contributed by atoms with Crippen molar-refractivity contribution < 1.29 is 17.7 Å². The molecule has 5 nitrogen and oxygen atoms in total. The van der Waals surface area contributed by atoms with Gasteiger partial charge >= 0.3 is 6.18 Å². The molecule has 3 unspecified atom stereocenters. The van der Waals surface area contributed by atoms with Gasteiger partial charge in [0.1, 0.15) is 0 Å². The van der Waals surface area contributed by atoms with Crippen LogP contribution < -0.4 is 5.73 Å². The summed E-state index contributed by atoms with van der Waals surface area (Å²) in [5.74, 6) is -0.146. The Morgan fingerprint density at radius 3 is 2.33 bits per heavy atom. The predicted molar refractivity (Wildman–Crippen MR) is 68.4 cm³/mol. The molecule has 2 saturated heterocycles. The molecule has 1 aromatic heterocycles. The SMILES string of the molecule is CN1C2CCC1CC(c1noc(C(C)(N)C(F)(F)F)n1)C2. The van der Waals surface area contributed by atoms with Crippen LogP contribution in [0.15, 0.2) is 4.52 Å². The van der Waals surface area contributed by atoms with Gasteiger partial charge in [0.2, 0.25) is 0 Å². The largest absolute Gasteiger partial charge is 0.415 e. The average Bonchev–Trinajstić information content (AvgIpc) is 2.92. The van der Waals surface area contributed by atoms with Crippen LogP contribution in [0.2, 0.25) is 0 Å². The average molecular weight is 304 g/mol. The molecule has 2 fully saturated rings. The Morgan fingerprint density at radius 2 is 1.81 bits per heavy atom. The van der Waals surface area contributed by atoms with E-state index in [0.29, 0.717) is 17.9 Å². The number of nitrogens with two attached hydrogens (primary N) is 1. The van der Waals surface area contributed by atoms with E-state index in [9.17, 15) is 13.2 Å². The lowest BCUT2D eigenvalue weighted by molar-refractivity contribution is -0.190. The van der Waals surface area contributed by atoms with Crippen molar-refractivity contribution >= 4 is 0 Å². The zero-order chi connectivity index (χ0) is 15.4. The maximum Gasteiger partial charge on any atom is 0.415 e. The number of fused-ring (bicyclic) bond motifs is 2. The van der Waals surface area contributed by atoms with E-state index in [1.165, 1.54) is 0 Å². The van der Waals surface area contributed by atoms with Gasteiger partial charge in [-0.25, -0.2) is 0 Å². The van der Waals surface area contributed by atoms with Gasteiger partial charge in [-0.15, -0.1) is 0 Å². The third-order valence-corrected chi connectivity index (χ3v) is 4.94. The molecule has 0 aliphatic carbocycles. The molecule has 3 atom stereocenters. The summed E-state index contributed by atoms with van der Waals surface area (Å²) in [4.78, 5) is 6.30. The Balaban J connectivity index is 1.80. The molecule has 0 radical (unpaired) electrons. The minimum Gasteiger partial charge on any atom is -0.337 e. The van der Waals surface area contributed by atoms with Gasteiger partial charge in [0.25, 0.3) is 5.89 Å². The quantitative estimate of drug-likeness (QED) is 0.906. The monoisotopic (exact) mass is 304 g/mol. The highest BCUT2D eigenvalue weighted by Crippen LogP contribution is 2.42. The van der Waals surface area contributed by atoms with Gasteiger partial charge in [0.15, 0.2) is 11.4 Å². The van der Waals surface area contributed by atoms with Crippen LogP contribution in [0, 0.1) is 0 Å². The second-order valence-corrected chi connectivity index (χ2v) is 6.38. The molecule has 1 aromatic rings. The van der Waals surface area contributed by atoms with Gasteiger partial charge in [0, 0.05) is 18.0 Å². The van der Waals surface area contributed by atoms with Crippen molar-refractivity contribution in [1.82, 2.24) is 15.0 Å². The molecule has 2 aliphatic rings. The third-order valence-electron chi connectivity index (χ3n) is 4.94. The van der Waals surface area contributed by atoms with E-state index in [0.717, 1.165) is 32.6 Å². The number of hydrogen-bond donors (Lipinski definition) is 1. The van der Waals surface area contributed by atoms with Gasteiger partial charge in [0.05, 0.1) is 0 Å². The lowest BCUT2D eigenvalue weighted by Crippen LogP contribution is -2.48. The van der Waals surface area contributed by atoms with Crippen molar-refractivity contribution in [3.63, 3.8) is 0 Å². The first-order chi connectivity index (χ1) is 9.70. The minimum atomic E-state index is -4.62. The number of alkyl halides is 3. The Hall–Kier alpha value is -1.15. The number of piperidine rings is 1. The number of nitrogens with zero attached hydrogens (tertiary/aromatic N) is 3. The van der Waals surface area contributed by atoms with Gasteiger partial charge < -0.3 is 15.2 Å². The van der Waals surface area contributed by atoms with Gasteiger partial charge in [-0.2, -0.15) is 18.2 Å². The molecule has 2 bridgehead atoms. The number of aromatic nitrogens is 2. The lowest BCUT2D eigenvalue weighted by Gasteiger charge is -2.34. The molecular formula is C13H19F3N4O. The summed E-state index contributed by atoms with van der Waals surface area (Å²) in [6.45, 7) is 0.850. The zero-order valence-corrected chi connectivity index (χ0v) is 12.0. The van der Waals surface area contributed by atoms with E-state index < -0.39 is 17.6 Å². The molecule has 0 saturated carbocycles. The Bertz CT molecular complexity index is 514. The standard InChI is InChI=1S/C13H19F3N4O/c1-12(17,13(14,15)16)11-18-10(19-21-11)7-5-8-3-4-9(6-7)20(8)2/h7-9H,3-6,17H2,1-2H3. The third kappa shape index (κ3) is 2.34. The molecule has 0 aromatic carbocycles. The van der Waals surface area contributed by atoms with Crippen molar-refractivity contribution in [2.45, 2.75) is 62.3 Å².